The van der Waals surface area contributed by atoms with Gasteiger partial charge in [-0.3, -0.25) is 9.59 Å². The Bertz CT molecular complexity index is 816. The lowest BCUT2D eigenvalue weighted by Gasteiger charge is -2.29. The summed E-state index contributed by atoms with van der Waals surface area (Å²) in [5, 5.41) is 24.7. The predicted octanol–water partition coefficient (Wildman–Crippen LogP) is -0.361. The molecule has 2 saturated heterocycles. The Kier molecular flexibility index (Phi) is 10.8. The van der Waals surface area contributed by atoms with Crippen molar-refractivity contribution in [3.8, 4) is 0 Å². The minimum absolute atomic E-state index is 0.275. The first kappa shape index (κ1) is 26.9. The van der Waals surface area contributed by atoms with E-state index in [-0.39, 0.29) is 18.9 Å². The van der Waals surface area contributed by atoms with E-state index in [0.29, 0.717) is 58.6 Å². The van der Waals surface area contributed by atoms with Crippen LogP contribution in [0.3, 0.4) is 0 Å². The van der Waals surface area contributed by atoms with Gasteiger partial charge in [0.15, 0.2) is 0 Å². The Hall–Kier alpha value is -2.67. The van der Waals surface area contributed by atoms with Gasteiger partial charge in [-0.15, -0.1) is 0 Å². The van der Waals surface area contributed by atoms with Crippen molar-refractivity contribution in [3.05, 3.63) is 35.9 Å². The van der Waals surface area contributed by atoms with E-state index in [1.807, 2.05) is 30.3 Å². The summed E-state index contributed by atoms with van der Waals surface area (Å²) in [6.07, 6.45) is 0.608. The molecule has 2 heterocycles. The van der Waals surface area contributed by atoms with Gasteiger partial charge in [-0.25, -0.2) is 4.79 Å². The molecule has 2 aliphatic rings. The lowest BCUT2D eigenvalue weighted by Crippen LogP contribution is -2.55. The lowest BCUT2D eigenvalue weighted by molar-refractivity contribution is -0.138. The average molecular weight is 491 g/mol. The molecule has 0 aliphatic carbocycles. The molecule has 35 heavy (non-hydrogen) atoms. The van der Waals surface area contributed by atoms with Gasteiger partial charge in [0.25, 0.3) is 0 Å². The molecule has 3 rings (SSSR count). The zero-order valence-electron chi connectivity index (χ0n) is 19.8. The van der Waals surface area contributed by atoms with Crippen LogP contribution in [-0.4, -0.2) is 97.6 Å². The van der Waals surface area contributed by atoms with Crippen LogP contribution in [0, 0.1) is 0 Å². The highest BCUT2D eigenvalue weighted by atomic mass is 16.6. The van der Waals surface area contributed by atoms with Gasteiger partial charge in [0, 0.05) is 19.5 Å². The molecule has 12 heteroatoms. The maximum Gasteiger partial charge on any atom is 0.475 e. The molecular formula is C23H34BN3O8. The van der Waals surface area contributed by atoms with Gasteiger partial charge in [0.05, 0.1) is 38.8 Å². The molecule has 0 aromatic heterocycles. The summed E-state index contributed by atoms with van der Waals surface area (Å²) in [5.74, 6) is -1.97. The number of amides is 3. The molecule has 11 nitrogen and oxygen atoms in total. The van der Waals surface area contributed by atoms with Crippen LogP contribution in [0.4, 0.5) is 4.79 Å². The maximum absolute atomic E-state index is 13.1. The third-order valence-electron chi connectivity index (χ3n) is 6.02. The molecule has 2 aliphatic heterocycles. The summed E-state index contributed by atoms with van der Waals surface area (Å²) >= 11 is 0. The fraction of sp³-hybridized carbons (Fsp3) is 0.609. The normalized spacial score (nSPS) is 19.5. The first-order valence-corrected chi connectivity index (χ1v) is 12.0. The van der Waals surface area contributed by atoms with E-state index in [2.05, 4.69) is 10.6 Å². The minimum atomic E-state index is -1.80. The number of aryl methyl sites for hydroxylation is 1. The van der Waals surface area contributed by atoms with Crippen molar-refractivity contribution in [1.82, 2.24) is 15.5 Å². The van der Waals surface area contributed by atoms with Crippen LogP contribution in [0.1, 0.15) is 31.2 Å². The Morgan fingerprint density at radius 1 is 1.09 bits per heavy atom. The van der Waals surface area contributed by atoms with Crippen LogP contribution in [-0.2, 0) is 30.2 Å². The van der Waals surface area contributed by atoms with E-state index in [9.17, 15) is 24.4 Å². The Morgan fingerprint density at radius 3 is 2.49 bits per heavy atom. The molecule has 1 aromatic rings. The maximum atomic E-state index is 13.1. The van der Waals surface area contributed by atoms with Crippen LogP contribution in [0.15, 0.2) is 30.3 Å². The number of ether oxygens (including phenoxy) is 3. The van der Waals surface area contributed by atoms with Gasteiger partial charge in [-0.1, -0.05) is 30.3 Å². The molecule has 0 spiro atoms. The van der Waals surface area contributed by atoms with E-state index < -0.39 is 37.2 Å². The van der Waals surface area contributed by atoms with E-state index in [0.717, 1.165) is 5.56 Å². The largest absolute Gasteiger partial charge is 0.475 e. The van der Waals surface area contributed by atoms with Gasteiger partial charge >= 0.3 is 13.2 Å². The fourth-order valence-electron chi connectivity index (χ4n) is 4.01. The number of alkyl carbamates (subject to hydrolysis) is 1. The van der Waals surface area contributed by atoms with Crippen molar-refractivity contribution in [3.63, 3.8) is 0 Å². The van der Waals surface area contributed by atoms with Crippen molar-refractivity contribution < 1.29 is 38.6 Å². The van der Waals surface area contributed by atoms with Crippen LogP contribution >= 0.6 is 0 Å². The second kappa shape index (κ2) is 14.0. The Balaban J connectivity index is 1.59. The third kappa shape index (κ3) is 9.13. The number of nitrogens with zero attached hydrogens (tertiary/aromatic N) is 1. The SMILES string of the molecule is O=C(NC(CC(=O)N1CCOCC1)C(=O)NC(CCCc1ccccc1)B(O)O)O[C@@H]1CCOC1. The van der Waals surface area contributed by atoms with Crippen molar-refractivity contribution in [2.45, 2.75) is 50.2 Å². The number of carbonyl (C=O) groups excluding carboxylic acids is 3. The highest BCUT2D eigenvalue weighted by molar-refractivity contribution is 6.43. The van der Waals surface area contributed by atoms with Crippen LogP contribution in [0.5, 0.6) is 0 Å². The number of morpholine rings is 1. The molecule has 4 N–H and O–H groups in total. The molecule has 2 fully saturated rings. The zero-order valence-corrected chi connectivity index (χ0v) is 19.8. The van der Waals surface area contributed by atoms with Gasteiger partial charge < -0.3 is 39.8 Å². The first-order chi connectivity index (χ1) is 16.9. The zero-order chi connectivity index (χ0) is 25.0. The van der Waals surface area contributed by atoms with Gasteiger partial charge in [-0.05, 0) is 24.8 Å². The summed E-state index contributed by atoms with van der Waals surface area (Å²) in [6.45, 7) is 2.36. The van der Waals surface area contributed by atoms with E-state index in [1.165, 1.54) is 0 Å². The summed E-state index contributed by atoms with van der Waals surface area (Å²) in [5.41, 5.74) is 1.10. The summed E-state index contributed by atoms with van der Waals surface area (Å²) in [6, 6.07) is 8.47. The summed E-state index contributed by atoms with van der Waals surface area (Å²) in [7, 11) is -1.80. The van der Waals surface area contributed by atoms with Crippen LogP contribution in [0.2, 0.25) is 0 Å². The van der Waals surface area contributed by atoms with Crippen molar-refractivity contribution >= 4 is 25.0 Å². The number of carbonyl (C=O) groups is 3. The van der Waals surface area contributed by atoms with E-state index in [1.54, 1.807) is 4.90 Å². The second-order valence-electron chi connectivity index (χ2n) is 8.69. The van der Waals surface area contributed by atoms with E-state index >= 15 is 0 Å². The molecule has 1 aromatic carbocycles. The topological polar surface area (TPSA) is 147 Å². The molecule has 3 amide bonds. The van der Waals surface area contributed by atoms with Crippen molar-refractivity contribution in [2.24, 2.45) is 0 Å². The smallest absolute Gasteiger partial charge is 0.444 e. The molecule has 0 bridgehead atoms. The molecule has 3 atom stereocenters. The lowest BCUT2D eigenvalue weighted by atomic mass is 9.76. The molecule has 0 saturated carbocycles. The van der Waals surface area contributed by atoms with Crippen LogP contribution < -0.4 is 10.6 Å². The number of nitrogens with one attached hydrogen (secondary N) is 2. The number of benzene rings is 1. The third-order valence-corrected chi connectivity index (χ3v) is 6.02. The van der Waals surface area contributed by atoms with E-state index in [4.69, 9.17) is 14.2 Å². The summed E-state index contributed by atoms with van der Waals surface area (Å²) < 4.78 is 15.7. The minimum Gasteiger partial charge on any atom is -0.444 e. The predicted molar refractivity (Wildman–Crippen MR) is 126 cm³/mol. The quantitative estimate of drug-likeness (QED) is 0.307. The van der Waals surface area contributed by atoms with Gasteiger partial charge in [-0.2, -0.15) is 0 Å². The molecule has 0 radical (unpaired) electrons. The van der Waals surface area contributed by atoms with Gasteiger partial charge in [0.2, 0.25) is 11.8 Å². The first-order valence-electron chi connectivity index (χ1n) is 12.0. The number of hydrogen-bond acceptors (Lipinski definition) is 8. The second-order valence-corrected chi connectivity index (χ2v) is 8.69. The molecule has 192 valence electrons. The Morgan fingerprint density at radius 2 is 1.83 bits per heavy atom. The van der Waals surface area contributed by atoms with Crippen LogP contribution in [0.25, 0.3) is 0 Å². The monoisotopic (exact) mass is 491 g/mol. The number of hydrogen-bond donors (Lipinski definition) is 4. The number of rotatable bonds is 11. The summed E-state index contributed by atoms with van der Waals surface area (Å²) in [4.78, 5) is 39.8. The Labute approximate surface area is 205 Å². The van der Waals surface area contributed by atoms with Crippen molar-refractivity contribution in [1.29, 1.82) is 0 Å². The fourth-order valence-corrected chi connectivity index (χ4v) is 4.01. The highest BCUT2D eigenvalue weighted by Gasteiger charge is 2.33. The highest BCUT2D eigenvalue weighted by Crippen LogP contribution is 2.11. The molecule has 2 unspecified atom stereocenters. The average Bonchev–Trinajstić information content (AvgIpc) is 3.36. The van der Waals surface area contributed by atoms with Crippen molar-refractivity contribution in [2.75, 3.05) is 39.5 Å². The standard InChI is InChI=1S/C23H34BN3O8/c28-21(27-10-13-33-14-11-27)15-19(25-23(30)35-18-9-12-34-16-18)22(29)26-20(24(31)32)8-4-7-17-5-2-1-3-6-17/h1-3,5-6,18-20,31-32H,4,7-16H2,(H,25,30)(H,26,29)/t18-,19?,20?/m1/s1. The molecular weight excluding hydrogens is 457 g/mol. The van der Waals surface area contributed by atoms with Gasteiger partial charge in [0.1, 0.15) is 12.1 Å².